The van der Waals surface area contributed by atoms with Gasteiger partial charge >= 0.3 is 14.8 Å². The first-order valence-corrected chi connectivity index (χ1v) is 15.3. The lowest BCUT2D eigenvalue weighted by Crippen LogP contribution is -2.46. The van der Waals surface area contributed by atoms with Crippen LogP contribution in [0.15, 0.2) is 0 Å². The quantitative estimate of drug-likeness (QED) is 0.113. The molecule has 0 aromatic carbocycles. The molecule has 0 aromatic rings. The van der Waals surface area contributed by atoms with Crippen molar-refractivity contribution in [2.75, 3.05) is 25.6 Å². The first-order chi connectivity index (χ1) is 14.9. The van der Waals surface area contributed by atoms with Crippen molar-refractivity contribution in [1.29, 1.82) is 0 Å². The average Bonchev–Trinajstić information content (AvgIpc) is 2.71. The molecule has 0 saturated heterocycles. The van der Waals surface area contributed by atoms with Gasteiger partial charge in [0.15, 0.2) is 0 Å². The molecule has 186 valence electrons. The van der Waals surface area contributed by atoms with Gasteiger partial charge in [-0.1, -0.05) is 82.3 Å². The van der Waals surface area contributed by atoms with E-state index in [2.05, 4.69) is 6.92 Å². The maximum absolute atomic E-state index is 10.2. The highest BCUT2D eigenvalue weighted by molar-refractivity contribution is 8.22. The van der Waals surface area contributed by atoms with Gasteiger partial charge in [-0.2, -0.15) is 0 Å². The van der Waals surface area contributed by atoms with Crippen LogP contribution in [0.4, 0.5) is 0 Å². The van der Waals surface area contributed by atoms with Crippen LogP contribution in [0.3, 0.4) is 0 Å². The molecule has 0 radical (unpaired) electrons. The monoisotopic (exact) mass is 497 g/mol. The topological polar surface area (TPSA) is 91.0 Å². The number of rotatable bonds is 20. The molecule has 0 spiro atoms. The van der Waals surface area contributed by atoms with E-state index in [1.807, 2.05) is 20.8 Å². The molecule has 3 N–H and O–H groups in total. The van der Waals surface area contributed by atoms with Gasteiger partial charge in [-0.05, 0) is 33.6 Å². The summed E-state index contributed by atoms with van der Waals surface area (Å²) in [5.41, 5.74) is 5.43. The summed E-state index contributed by atoms with van der Waals surface area (Å²) in [7, 11) is -2.46. The minimum atomic E-state index is -2.46. The largest absolute Gasteiger partial charge is 0.500 e. The van der Waals surface area contributed by atoms with E-state index in [1.54, 1.807) is 0 Å². The van der Waals surface area contributed by atoms with E-state index in [9.17, 15) is 4.79 Å². The highest BCUT2D eigenvalue weighted by Gasteiger charge is 2.39. The minimum Gasteiger partial charge on any atom is -0.481 e. The fourth-order valence-electron chi connectivity index (χ4n) is 3.05. The number of carboxylic acids is 1. The Morgan fingerprint density at radius 1 is 0.839 bits per heavy atom. The van der Waals surface area contributed by atoms with Crippen LogP contribution in [0.25, 0.3) is 0 Å². The van der Waals surface area contributed by atoms with E-state index < -0.39 is 14.8 Å². The van der Waals surface area contributed by atoms with Crippen molar-refractivity contribution < 1.29 is 23.2 Å². The summed E-state index contributed by atoms with van der Waals surface area (Å²) >= 11 is 6.31. The molecule has 0 aliphatic carbocycles. The Bertz CT molecular complexity index is 414. The van der Waals surface area contributed by atoms with E-state index in [0.717, 1.165) is 31.1 Å². The highest BCUT2D eigenvalue weighted by Crippen LogP contribution is 2.20. The number of hydrogen-bond donors (Lipinski definition) is 2. The van der Waals surface area contributed by atoms with Crippen molar-refractivity contribution in [2.24, 2.45) is 5.73 Å². The average molecular weight is 498 g/mol. The number of carbonyl (C=O) groups is 1. The van der Waals surface area contributed by atoms with Crippen LogP contribution >= 0.6 is 24.0 Å². The maximum Gasteiger partial charge on any atom is 0.500 e. The first-order valence-electron chi connectivity index (χ1n) is 11.9. The van der Waals surface area contributed by atoms with Gasteiger partial charge in [-0.3, -0.25) is 4.79 Å². The smallest absolute Gasteiger partial charge is 0.481 e. The van der Waals surface area contributed by atoms with Crippen molar-refractivity contribution in [2.45, 2.75) is 104 Å². The van der Waals surface area contributed by atoms with Crippen LogP contribution in [0.1, 0.15) is 98.3 Å². The first kappa shape index (κ1) is 33.0. The molecule has 9 heteroatoms. The van der Waals surface area contributed by atoms with Crippen LogP contribution in [-0.2, 0) is 18.1 Å². The number of hydrogen-bond acceptors (Lipinski definition) is 6. The third-order valence-electron chi connectivity index (χ3n) is 4.46. The van der Waals surface area contributed by atoms with Crippen LogP contribution < -0.4 is 5.73 Å². The van der Waals surface area contributed by atoms with E-state index >= 15 is 0 Å². The number of carboxylic acid groups (broad SMARTS) is 1. The molecular formula is C22H47NO5S2Si. The van der Waals surface area contributed by atoms with Crippen molar-refractivity contribution in [3.8, 4) is 0 Å². The van der Waals surface area contributed by atoms with Crippen molar-refractivity contribution in [3.63, 3.8) is 0 Å². The summed E-state index contributed by atoms with van der Waals surface area (Å²) in [6, 6.07) is 0.818. The second kappa shape index (κ2) is 24.4. The Morgan fingerprint density at radius 3 is 1.68 bits per heavy atom. The van der Waals surface area contributed by atoms with Gasteiger partial charge in [-0.25, -0.2) is 0 Å². The second-order valence-electron chi connectivity index (χ2n) is 7.23. The minimum absolute atomic E-state index is 0.343. The lowest BCUT2D eigenvalue weighted by Gasteiger charge is -2.28. The molecule has 0 unspecified atom stereocenters. The molecule has 6 nitrogen and oxygen atoms in total. The molecule has 0 atom stereocenters. The van der Waals surface area contributed by atoms with Crippen LogP contribution in [-0.4, -0.2) is 49.8 Å². The molecule has 0 fully saturated rings. The molecule has 0 aliphatic heterocycles. The molecule has 0 bridgehead atoms. The Balaban J connectivity index is 0. The Morgan fingerprint density at radius 2 is 1.29 bits per heavy atom. The molecule has 0 rings (SSSR count). The second-order valence-corrected chi connectivity index (χ2v) is 11.8. The zero-order chi connectivity index (χ0) is 23.8. The molecule has 0 saturated carbocycles. The fourth-order valence-corrected chi connectivity index (χ4v) is 6.66. The third-order valence-corrected chi connectivity index (χ3v) is 8.74. The lowest BCUT2D eigenvalue weighted by molar-refractivity contribution is -0.137. The van der Waals surface area contributed by atoms with Gasteiger partial charge in [0, 0.05) is 38.0 Å². The van der Waals surface area contributed by atoms with Gasteiger partial charge < -0.3 is 24.1 Å². The zero-order valence-electron chi connectivity index (χ0n) is 20.3. The van der Waals surface area contributed by atoms with Crippen molar-refractivity contribution in [1.82, 2.24) is 0 Å². The van der Waals surface area contributed by atoms with Gasteiger partial charge in [-0.15, -0.1) is 0 Å². The van der Waals surface area contributed by atoms with Gasteiger partial charge in [0.2, 0.25) is 0 Å². The molecule has 0 aromatic heterocycles. The van der Waals surface area contributed by atoms with E-state index in [4.69, 9.17) is 36.3 Å². The molecular weight excluding hydrogens is 450 g/mol. The third kappa shape index (κ3) is 24.3. The predicted octanol–water partition coefficient (Wildman–Crippen LogP) is 6.39. The number of aliphatic carboxylic acids is 1. The fraction of sp³-hybridized carbons (Fsp3) is 0.909. The van der Waals surface area contributed by atoms with Gasteiger partial charge in [0.1, 0.15) is 4.32 Å². The van der Waals surface area contributed by atoms with Crippen LogP contribution in [0, 0.1) is 0 Å². The van der Waals surface area contributed by atoms with Crippen LogP contribution in [0.2, 0.25) is 6.04 Å². The predicted molar refractivity (Wildman–Crippen MR) is 139 cm³/mol. The summed E-state index contributed by atoms with van der Waals surface area (Å²) in [6.45, 7) is 9.97. The van der Waals surface area contributed by atoms with Gasteiger partial charge in [0.05, 0.1) is 0 Å². The molecule has 0 heterocycles. The molecule has 0 aliphatic rings. The van der Waals surface area contributed by atoms with E-state index in [0.29, 0.717) is 30.6 Å². The number of unbranched alkanes of at least 4 members (excludes halogenated alkanes) is 8. The number of thioether (sulfide) groups is 1. The molecule has 31 heavy (non-hydrogen) atoms. The lowest BCUT2D eigenvalue weighted by atomic mass is 10.1. The van der Waals surface area contributed by atoms with E-state index in [1.165, 1.54) is 56.7 Å². The standard InChI is InChI=1S/C12H24O2.C10H23NO3S2Si/c1-2-3-4-5-6-7-8-9-10-11-12(13)14;1-4-12-17(13-5-2,14-6-3)9-7-8-16-10(11)15/h2-11H2,1H3,(H,13,14);4-9H2,1-3H3,(H2,11,15). The maximum atomic E-state index is 10.2. The van der Waals surface area contributed by atoms with E-state index in [-0.39, 0.29) is 0 Å². The Hall–Kier alpha value is -0.193. The summed E-state index contributed by atoms with van der Waals surface area (Å²) in [6.07, 6.45) is 12.4. The summed E-state index contributed by atoms with van der Waals surface area (Å²) in [4.78, 5) is 10.2. The SMILES string of the molecule is CCCCCCCCCCCC(=O)O.CCO[Si](CCCSC(N)=S)(OCC)OCC. The van der Waals surface area contributed by atoms with Gasteiger partial charge in [0.25, 0.3) is 0 Å². The van der Waals surface area contributed by atoms with Crippen LogP contribution in [0.5, 0.6) is 0 Å². The normalized spacial score (nSPS) is 11.1. The summed E-state index contributed by atoms with van der Waals surface area (Å²) in [5, 5.41) is 8.41. The highest BCUT2D eigenvalue weighted by atomic mass is 32.2. The number of thiocarbonyl (C=S) groups is 1. The van der Waals surface area contributed by atoms with Crippen molar-refractivity contribution in [3.05, 3.63) is 0 Å². The van der Waals surface area contributed by atoms with Crippen molar-refractivity contribution >= 4 is 43.1 Å². The molecule has 0 amide bonds. The zero-order valence-corrected chi connectivity index (χ0v) is 22.9. The Labute approximate surface area is 201 Å². The Kier molecular flexibility index (Phi) is 26.0. The summed E-state index contributed by atoms with van der Waals surface area (Å²) < 4.78 is 17.7. The summed E-state index contributed by atoms with van der Waals surface area (Å²) in [5.74, 6) is 0.227. The number of nitrogens with two attached hydrogens (primary N) is 1.